The van der Waals surface area contributed by atoms with Gasteiger partial charge in [-0.15, -0.1) is 24.0 Å². The Bertz CT molecular complexity index is 544. The van der Waals surface area contributed by atoms with Gasteiger partial charge < -0.3 is 19.6 Å². The summed E-state index contributed by atoms with van der Waals surface area (Å²) in [6, 6.07) is 10.4. The molecule has 0 radical (unpaired) electrons. The molecule has 1 aromatic carbocycles. The summed E-state index contributed by atoms with van der Waals surface area (Å²) in [5.74, 6) is 1.08. The highest BCUT2D eigenvalue weighted by Gasteiger charge is 2.20. The van der Waals surface area contributed by atoms with Gasteiger partial charge in [-0.05, 0) is 12.1 Å². The van der Waals surface area contributed by atoms with E-state index in [0.29, 0.717) is 13.0 Å². The van der Waals surface area contributed by atoms with Crippen LogP contribution < -0.4 is 4.90 Å². The normalized spacial score (nSPS) is 13.8. The molecule has 1 heterocycles. The number of benzene rings is 1. The topological polar surface area (TPSA) is 42.4 Å². The van der Waals surface area contributed by atoms with Crippen LogP contribution in [0.4, 0.5) is 5.69 Å². The number of nitrogens with zero attached hydrogens (tertiary/aromatic N) is 5. The molecule has 140 valence electrons. The van der Waals surface area contributed by atoms with E-state index < -0.39 is 0 Å². The van der Waals surface area contributed by atoms with Crippen LogP contribution in [-0.2, 0) is 4.79 Å². The lowest BCUT2D eigenvalue weighted by Gasteiger charge is -2.36. The first-order valence-corrected chi connectivity index (χ1v) is 8.46. The minimum absolute atomic E-state index is 0. The largest absolute Gasteiger partial charge is 0.368 e. The molecular formula is C18H30IN5O. The van der Waals surface area contributed by atoms with E-state index in [4.69, 9.17) is 0 Å². The highest BCUT2D eigenvalue weighted by molar-refractivity contribution is 14.0. The third-order valence-electron chi connectivity index (χ3n) is 4.13. The molecule has 1 aliphatic rings. The first kappa shape index (κ1) is 21.5. The number of piperazine rings is 1. The first-order valence-electron chi connectivity index (χ1n) is 8.46. The third kappa shape index (κ3) is 6.37. The van der Waals surface area contributed by atoms with Gasteiger partial charge in [0, 0.05) is 66.5 Å². The number of hydrogen-bond donors (Lipinski definition) is 0. The molecule has 0 spiro atoms. The highest BCUT2D eigenvalue weighted by atomic mass is 127. The van der Waals surface area contributed by atoms with Crippen molar-refractivity contribution in [2.24, 2.45) is 4.99 Å². The highest BCUT2D eigenvalue weighted by Crippen LogP contribution is 2.15. The number of halogens is 1. The van der Waals surface area contributed by atoms with E-state index in [2.05, 4.69) is 34.2 Å². The summed E-state index contributed by atoms with van der Waals surface area (Å²) in [6.07, 6.45) is 0.469. The Kier molecular flexibility index (Phi) is 9.02. The van der Waals surface area contributed by atoms with Gasteiger partial charge in [-0.1, -0.05) is 18.2 Å². The molecule has 0 unspecified atom stereocenters. The van der Waals surface area contributed by atoms with Crippen LogP contribution in [0.2, 0.25) is 0 Å². The minimum atomic E-state index is 0. The summed E-state index contributed by atoms with van der Waals surface area (Å²) < 4.78 is 0. The quantitative estimate of drug-likeness (QED) is 0.392. The van der Waals surface area contributed by atoms with Gasteiger partial charge in [0.15, 0.2) is 5.96 Å². The van der Waals surface area contributed by atoms with Crippen molar-refractivity contribution in [1.82, 2.24) is 14.7 Å². The zero-order valence-corrected chi connectivity index (χ0v) is 18.0. The zero-order chi connectivity index (χ0) is 17.5. The molecule has 2 rings (SSSR count). The molecular weight excluding hydrogens is 429 g/mol. The van der Waals surface area contributed by atoms with Crippen LogP contribution in [0.25, 0.3) is 0 Å². The number of carbonyl (C=O) groups excluding carboxylic acids is 1. The van der Waals surface area contributed by atoms with Crippen LogP contribution in [0.3, 0.4) is 0 Å². The van der Waals surface area contributed by atoms with Gasteiger partial charge in [-0.25, -0.2) is 0 Å². The lowest BCUT2D eigenvalue weighted by atomic mass is 10.2. The summed E-state index contributed by atoms with van der Waals surface area (Å²) in [6.45, 7) is 3.88. The number of carbonyl (C=O) groups is 1. The number of anilines is 1. The smallest absolute Gasteiger partial charge is 0.224 e. The second kappa shape index (κ2) is 10.5. The molecule has 25 heavy (non-hydrogen) atoms. The summed E-state index contributed by atoms with van der Waals surface area (Å²) in [5.41, 5.74) is 1.23. The van der Waals surface area contributed by atoms with E-state index in [9.17, 15) is 4.79 Å². The number of para-hydroxylation sites is 1. The molecule has 0 aromatic heterocycles. The maximum atomic E-state index is 12.4. The van der Waals surface area contributed by atoms with Crippen molar-refractivity contribution in [2.45, 2.75) is 6.42 Å². The summed E-state index contributed by atoms with van der Waals surface area (Å²) >= 11 is 0. The van der Waals surface area contributed by atoms with Crippen LogP contribution in [0.1, 0.15) is 6.42 Å². The Morgan fingerprint density at radius 3 is 2.08 bits per heavy atom. The van der Waals surface area contributed by atoms with Crippen molar-refractivity contribution >= 4 is 41.5 Å². The molecule has 1 fully saturated rings. The maximum absolute atomic E-state index is 12.4. The molecule has 1 amide bonds. The van der Waals surface area contributed by atoms with Crippen LogP contribution in [-0.4, -0.2) is 87.5 Å². The molecule has 7 heteroatoms. The number of rotatable bonds is 4. The van der Waals surface area contributed by atoms with Crippen molar-refractivity contribution in [3.05, 3.63) is 30.3 Å². The van der Waals surface area contributed by atoms with Gasteiger partial charge in [0.1, 0.15) is 0 Å². The number of hydrogen-bond acceptors (Lipinski definition) is 3. The average molecular weight is 459 g/mol. The van der Waals surface area contributed by atoms with Gasteiger partial charge >= 0.3 is 0 Å². The number of amides is 1. The Hall–Kier alpha value is -1.51. The van der Waals surface area contributed by atoms with Crippen molar-refractivity contribution in [3.8, 4) is 0 Å². The van der Waals surface area contributed by atoms with Gasteiger partial charge in [-0.3, -0.25) is 9.79 Å². The van der Waals surface area contributed by atoms with Gasteiger partial charge in [0.2, 0.25) is 5.91 Å². The molecule has 0 N–H and O–H groups in total. The molecule has 1 aliphatic heterocycles. The molecule has 0 saturated carbocycles. The van der Waals surface area contributed by atoms with E-state index in [1.807, 2.05) is 49.0 Å². The first-order chi connectivity index (χ1) is 11.5. The van der Waals surface area contributed by atoms with Crippen molar-refractivity contribution < 1.29 is 4.79 Å². The molecule has 0 bridgehead atoms. The standard InChI is InChI=1S/C18H29N5O.HI/c1-20(2)18(21(3)4)19-11-10-17(24)23-14-12-22(13-15-23)16-8-6-5-7-9-16;/h5-9H,10-15H2,1-4H3;1H. The van der Waals surface area contributed by atoms with Crippen LogP contribution in [0, 0.1) is 0 Å². The van der Waals surface area contributed by atoms with Crippen LogP contribution in [0.5, 0.6) is 0 Å². The second-order valence-corrected chi connectivity index (χ2v) is 6.42. The van der Waals surface area contributed by atoms with Gasteiger partial charge in [0.05, 0.1) is 6.54 Å². The van der Waals surface area contributed by atoms with Crippen molar-refractivity contribution in [2.75, 3.05) is 65.8 Å². The van der Waals surface area contributed by atoms with E-state index in [0.717, 1.165) is 32.1 Å². The monoisotopic (exact) mass is 459 g/mol. The fourth-order valence-electron chi connectivity index (χ4n) is 2.95. The molecule has 0 atom stereocenters. The predicted molar refractivity (Wildman–Crippen MR) is 115 cm³/mol. The van der Waals surface area contributed by atoms with Crippen molar-refractivity contribution in [1.29, 1.82) is 0 Å². The predicted octanol–water partition coefficient (Wildman–Crippen LogP) is 1.82. The van der Waals surface area contributed by atoms with Crippen LogP contribution in [0.15, 0.2) is 35.3 Å². The molecule has 0 aliphatic carbocycles. The molecule has 1 saturated heterocycles. The lowest BCUT2D eigenvalue weighted by Crippen LogP contribution is -2.49. The van der Waals surface area contributed by atoms with Gasteiger partial charge in [0.25, 0.3) is 0 Å². The Morgan fingerprint density at radius 1 is 1.00 bits per heavy atom. The Labute approximate surface area is 168 Å². The summed E-state index contributed by atoms with van der Waals surface area (Å²) in [5, 5.41) is 0. The zero-order valence-electron chi connectivity index (χ0n) is 15.7. The van der Waals surface area contributed by atoms with E-state index in [1.165, 1.54) is 5.69 Å². The maximum Gasteiger partial charge on any atom is 0.224 e. The summed E-state index contributed by atoms with van der Waals surface area (Å²) in [7, 11) is 7.85. The van der Waals surface area contributed by atoms with Crippen LogP contribution >= 0.6 is 24.0 Å². The molecule has 6 nitrogen and oxygen atoms in total. The lowest BCUT2D eigenvalue weighted by molar-refractivity contribution is -0.131. The fraction of sp³-hybridized carbons (Fsp3) is 0.556. The molecule has 1 aromatic rings. The van der Waals surface area contributed by atoms with Crippen molar-refractivity contribution in [3.63, 3.8) is 0 Å². The Balaban J connectivity index is 0.00000312. The third-order valence-corrected chi connectivity index (χ3v) is 4.13. The van der Waals surface area contributed by atoms with E-state index >= 15 is 0 Å². The van der Waals surface area contributed by atoms with Gasteiger partial charge in [-0.2, -0.15) is 0 Å². The minimum Gasteiger partial charge on any atom is -0.368 e. The van der Waals surface area contributed by atoms with E-state index in [1.54, 1.807) is 0 Å². The van der Waals surface area contributed by atoms with E-state index in [-0.39, 0.29) is 29.9 Å². The number of aliphatic imine (C=N–C) groups is 1. The Morgan fingerprint density at radius 2 is 1.56 bits per heavy atom. The SMILES string of the molecule is CN(C)C(=NCCC(=O)N1CCN(c2ccccc2)CC1)N(C)C.I. The summed E-state index contributed by atoms with van der Waals surface area (Å²) in [4.78, 5) is 25.1. The average Bonchev–Trinajstić information content (AvgIpc) is 2.58. The number of guanidine groups is 1. The second-order valence-electron chi connectivity index (χ2n) is 6.42. The fourth-order valence-corrected chi connectivity index (χ4v) is 2.95.